The van der Waals surface area contributed by atoms with E-state index in [2.05, 4.69) is 0 Å². The molecule has 0 aliphatic carbocycles. The maximum atomic E-state index is 11.6. The molecular formula is C14H16O3S. The van der Waals surface area contributed by atoms with E-state index in [1.165, 1.54) is 0 Å². The van der Waals surface area contributed by atoms with Gasteiger partial charge in [-0.3, -0.25) is 0 Å². The quantitative estimate of drug-likeness (QED) is 0.327. The molecule has 0 spiro atoms. The summed E-state index contributed by atoms with van der Waals surface area (Å²) in [7, 11) is 0. The smallest absolute Gasteiger partial charge is 0.345 e. The first-order chi connectivity index (χ1) is 8.74. The fraction of sp³-hybridized carbons (Fsp3) is 0.286. The molecule has 3 nitrogen and oxygen atoms in total. The first-order valence-electron chi connectivity index (χ1n) is 5.78. The van der Waals surface area contributed by atoms with Gasteiger partial charge in [0.05, 0.1) is 12.0 Å². The van der Waals surface area contributed by atoms with Crippen LogP contribution in [0.2, 0.25) is 0 Å². The van der Waals surface area contributed by atoms with Crippen LogP contribution in [-0.4, -0.2) is 12.3 Å². The van der Waals surface area contributed by atoms with Crippen molar-refractivity contribution in [3.05, 3.63) is 42.0 Å². The predicted molar refractivity (Wildman–Crippen MR) is 72.1 cm³/mol. The molecule has 0 amide bonds. The summed E-state index contributed by atoms with van der Waals surface area (Å²) in [5, 5.41) is 0. The molecule has 0 aromatic heterocycles. The highest BCUT2D eigenvalue weighted by Crippen LogP contribution is 2.19. The summed E-state index contributed by atoms with van der Waals surface area (Å²) in [4.78, 5) is 22.6. The van der Waals surface area contributed by atoms with E-state index in [0.29, 0.717) is 12.0 Å². The lowest BCUT2D eigenvalue weighted by molar-refractivity contribution is -0.128. The Hall–Kier alpha value is -1.55. The van der Waals surface area contributed by atoms with Gasteiger partial charge in [-0.05, 0) is 31.9 Å². The minimum absolute atomic E-state index is 0.338. The average molecular weight is 264 g/mol. The molecule has 0 aliphatic rings. The summed E-state index contributed by atoms with van der Waals surface area (Å²) in [6.07, 6.45) is 4.69. The van der Waals surface area contributed by atoms with Gasteiger partial charge in [0.25, 0.3) is 0 Å². The Morgan fingerprint density at radius 1 is 1.28 bits per heavy atom. The maximum absolute atomic E-state index is 11.6. The number of hydrogen-bond acceptors (Lipinski definition) is 4. The molecule has 0 N–H and O–H groups in total. The van der Waals surface area contributed by atoms with Crippen LogP contribution in [0.3, 0.4) is 0 Å². The maximum Gasteiger partial charge on any atom is 0.345 e. The lowest BCUT2D eigenvalue weighted by atomic mass is 10.2. The average Bonchev–Trinajstić information content (AvgIpc) is 2.42. The largest absolute Gasteiger partial charge is 0.383 e. The number of benzene rings is 1. The lowest BCUT2D eigenvalue weighted by Gasteiger charge is -2.02. The second-order valence-electron chi connectivity index (χ2n) is 3.75. The first kappa shape index (κ1) is 14.5. The van der Waals surface area contributed by atoms with Gasteiger partial charge in [0.15, 0.2) is 0 Å². The molecule has 0 atom stereocenters. The molecule has 96 valence electrons. The zero-order chi connectivity index (χ0) is 13.2. The van der Waals surface area contributed by atoms with E-state index in [4.69, 9.17) is 4.18 Å². The molecule has 0 aliphatic heterocycles. The lowest BCUT2D eigenvalue weighted by Crippen LogP contribution is -2.00. The van der Waals surface area contributed by atoms with E-state index in [0.717, 1.165) is 36.1 Å². The van der Waals surface area contributed by atoms with Crippen molar-refractivity contribution in [3.63, 3.8) is 0 Å². The van der Waals surface area contributed by atoms with Crippen LogP contribution in [0.4, 0.5) is 0 Å². The van der Waals surface area contributed by atoms with Gasteiger partial charge in [-0.25, -0.2) is 4.79 Å². The minimum atomic E-state index is -0.338. The summed E-state index contributed by atoms with van der Waals surface area (Å²) in [5.41, 5.74) is 0.573. The van der Waals surface area contributed by atoms with Crippen LogP contribution >= 0.6 is 12.0 Å². The Kier molecular flexibility index (Phi) is 6.87. The Morgan fingerprint density at radius 3 is 2.67 bits per heavy atom. The Morgan fingerprint density at radius 2 is 2.00 bits per heavy atom. The van der Waals surface area contributed by atoms with Crippen LogP contribution in [0.15, 0.2) is 46.9 Å². The summed E-state index contributed by atoms with van der Waals surface area (Å²) in [6.45, 7) is 1.72. The monoisotopic (exact) mass is 264 g/mol. The molecule has 0 heterocycles. The van der Waals surface area contributed by atoms with Crippen LogP contribution in [0.25, 0.3) is 0 Å². The van der Waals surface area contributed by atoms with Crippen molar-refractivity contribution in [1.82, 2.24) is 0 Å². The molecule has 4 heteroatoms. The first-order valence-corrected chi connectivity index (χ1v) is 6.52. The van der Waals surface area contributed by atoms with Gasteiger partial charge in [0.2, 0.25) is 0 Å². The molecule has 0 bridgehead atoms. The highest BCUT2D eigenvalue weighted by Gasteiger charge is 2.06. The van der Waals surface area contributed by atoms with Crippen LogP contribution < -0.4 is 0 Å². The molecule has 1 rings (SSSR count). The Bertz CT molecular complexity index is 412. The van der Waals surface area contributed by atoms with E-state index in [-0.39, 0.29) is 5.97 Å². The van der Waals surface area contributed by atoms with E-state index in [9.17, 15) is 9.59 Å². The fourth-order valence-corrected chi connectivity index (χ4v) is 1.80. The number of aldehydes is 1. The molecule has 0 radical (unpaired) electrons. The second kappa shape index (κ2) is 8.53. The van der Waals surface area contributed by atoms with Gasteiger partial charge in [0.1, 0.15) is 6.29 Å². The normalized spacial score (nSPS) is 11.1. The van der Waals surface area contributed by atoms with Crippen LogP contribution in [0, 0.1) is 0 Å². The summed E-state index contributed by atoms with van der Waals surface area (Å²) >= 11 is 1.05. The number of carbonyl (C=O) groups excluding carboxylic acids is 2. The van der Waals surface area contributed by atoms with Crippen molar-refractivity contribution in [3.8, 4) is 0 Å². The van der Waals surface area contributed by atoms with Crippen LogP contribution in [0.5, 0.6) is 0 Å². The third-order valence-electron chi connectivity index (χ3n) is 2.26. The van der Waals surface area contributed by atoms with Crippen molar-refractivity contribution in [2.24, 2.45) is 0 Å². The highest BCUT2D eigenvalue weighted by atomic mass is 32.2. The molecule has 0 saturated carbocycles. The summed E-state index contributed by atoms with van der Waals surface area (Å²) in [6, 6.07) is 9.43. The molecular weight excluding hydrogens is 248 g/mol. The number of hydrogen-bond donors (Lipinski definition) is 0. The molecule has 1 aromatic rings. The van der Waals surface area contributed by atoms with Gasteiger partial charge in [0, 0.05) is 16.9 Å². The van der Waals surface area contributed by atoms with Gasteiger partial charge in [-0.15, -0.1) is 0 Å². The van der Waals surface area contributed by atoms with E-state index < -0.39 is 0 Å². The number of unbranched alkanes of at least 4 members (excludes halogenated alkanes) is 2. The second-order valence-corrected chi connectivity index (χ2v) is 4.56. The topological polar surface area (TPSA) is 43.4 Å². The fourth-order valence-electron chi connectivity index (χ4n) is 1.23. The minimum Gasteiger partial charge on any atom is -0.383 e. The third kappa shape index (κ3) is 5.68. The summed E-state index contributed by atoms with van der Waals surface area (Å²) < 4.78 is 5.09. The van der Waals surface area contributed by atoms with Gasteiger partial charge < -0.3 is 8.98 Å². The number of allylic oxidation sites excluding steroid dienone is 1. The van der Waals surface area contributed by atoms with Gasteiger partial charge in [-0.2, -0.15) is 0 Å². The molecule has 0 fully saturated rings. The highest BCUT2D eigenvalue weighted by molar-refractivity contribution is 7.95. The zero-order valence-electron chi connectivity index (χ0n) is 10.3. The van der Waals surface area contributed by atoms with Gasteiger partial charge >= 0.3 is 5.97 Å². The SMILES string of the molecule is CC(=CCCCC=O)C(=O)OSc1ccccc1. The van der Waals surface area contributed by atoms with Crippen molar-refractivity contribution in [1.29, 1.82) is 0 Å². The van der Waals surface area contributed by atoms with Crippen molar-refractivity contribution in [2.75, 3.05) is 0 Å². The third-order valence-corrected chi connectivity index (χ3v) is 2.95. The summed E-state index contributed by atoms with van der Waals surface area (Å²) in [5.74, 6) is -0.338. The van der Waals surface area contributed by atoms with Crippen LogP contribution in [-0.2, 0) is 13.8 Å². The molecule has 0 unspecified atom stereocenters. The van der Waals surface area contributed by atoms with Crippen molar-refractivity contribution < 1.29 is 13.8 Å². The molecule has 1 aromatic carbocycles. The van der Waals surface area contributed by atoms with Gasteiger partial charge in [-0.1, -0.05) is 24.3 Å². The van der Waals surface area contributed by atoms with Crippen molar-refractivity contribution >= 4 is 24.3 Å². The van der Waals surface area contributed by atoms with Crippen LogP contribution in [0.1, 0.15) is 26.2 Å². The number of rotatable bonds is 7. The van der Waals surface area contributed by atoms with E-state index in [1.807, 2.05) is 30.3 Å². The Balaban J connectivity index is 2.33. The van der Waals surface area contributed by atoms with E-state index >= 15 is 0 Å². The number of carbonyl (C=O) groups is 2. The standard InChI is InChI=1S/C14H16O3S/c1-12(8-4-3-7-11-15)14(16)17-18-13-9-5-2-6-10-13/h2,5-6,8-11H,3-4,7H2,1H3. The Labute approximate surface area is 111 Å². The van der Waals surface area contributed by atoms with Crippen molar-refractivity contribution in [2.45, 2.75) is 31.1 Å². The van der Waals surface area contributed by atoms with E-state index in [1.54, 1.807) is 13.0 Å². The zero-order valence-corrected chi connectivity index (χ0v) is 11.1. The molecule has 18 heavy (non-hydrogen) atoms. The predicted octanol–water partition coefficient (Wildman–Crippen LogP) is 3.55. The molecule has 0 saturated heterocycles.